The molecule has 0 spiro atoms. The van der Waals surface area contributed by atoms with E-state index in [9.17, 15) is 4.79 Å². The van der Waals surface area contributed by atoms with Crippen molar-refractivity contribution in [2.75, 3.05) is 0 Å². The van der Waals surface area contributed by atoms with Crippen LogP contribution in [0.2, 0.25) is 5.02 Å². The summed E-state index contributed by atoms with van der Waals surface area (Å²) in [7, 11) is 0. The number of ketones is 1. The highest BCUT2D eigenvalue weighted by molar-refractivity contribution is 9.10. The molecule has 1 aromatic heterocycles. The van der Waals surface area contributed by atoms with E-state index < -0.39 is 0 Å². The fourth-order valence-corrected chi connectivity index (χ4v) is 3.33. The maximum absolute atomic E-state index is 12.4. The highest BCUT2D eigenvalue weighted by Gasteiger charge is 2.18. The van der Waals surface area contributed by atoms with Gasteiger partial charge in [-0.3, -0.25) is 9.48 Å². The molecular formula is C14H13Br2ClN2O. The molecule has 106 valence electrons. The topological polar surface area (TPSA) is 34.9 Å². The number of carbonyl (C=O) groups is 1. The van der Waals surface area contributed by atoms with Gasteiger partial charge in [0.2, 0.25) is 0 Å². The van der Waals surface area contributed by atoms with Crippen molar-refractivity contribution in [1.29, 1.82) is 0 Å². The van der Waals surface area contributed by atoms with Crippen LogP contribution in [-0.2, 0) is 13.0 Å². The van der Waals surface area contributed by atoms with Gasteiger partial charge in [0.15, 0.2) is 5.78 Å². The number of benzene rings is 1. The number of hydrogen-bond donors (Lipinski definition) is 0. The van der Waals surface area contributed by atoms with Crippen molar-refractivity contribution >= 4 is 49.2 Å². The Hall–Kier alpha value is -0.650. The summed E-state index contributed by atoms with van der Waals surface area (Å²) in [6.07, 6.45) is 0.301. The van der Waals surface area contributed by atoms with E-state index in [4.69, 9.17) is 11.6 Å². The average Bonchev–Trinajstić information content (AvgIpc) is 2.66. The first kappa shape index (κ1) is 15.7. The summed E-state index contributed by atoms with van der Waals surface area (Å²) in [5.74, 6) is 0.0313. The Morgan fingerprint density at radius 1 is 1.40 bits per heavy atom. The Morgan fingerprint density at radius 3 is 2.70 bits per heavy atom. The van der Waals surface area contributed by atoms with Crippen molar-refractivity contribution in [3.8, 4) is 0 Å². The molecule has 0 radical (unpaired) electrons. The van der Waals surface area contributed by atoms with E-state index in [0.29, 0.717) is 21.5 Å². The predicted octanol–water partition coefficient (Wildman–Crippen LogP) is 4.82. The summed E-state index contributed by atoms with van der Waals surface area (Å²) in [6, 6.07) is 5.19. The van der Waals surface area contributed by atoms with Gasteiger partial charge in [-0.1, -0.05) is 11.6 Å². The van der Waals surface area contributed by atoms with Crippen molar-refractivity contribution in [2.45, 2.75) is 26.8 Å². The van der Waals surface area contributed by atoms with Gasteiger partial charge in [0.25, 0.3) is 0 Å². The maximum atomic E-state index is 12.4. The van der Waals surface area contributed by atoms with E-state index >= 15 is 0 Å². The Morgan fingerprint density at radius 2 is 2.10 bits per heavy atom. The lowest BCUT2D eigenvalue weighted by Gasteiger charge is -2.07. The van der Waals surface area contributed by atoms with Crippen molar-refractivity contribution in [3.05, 3.63) is 49.1 Å². The third-order valence-corrected chi connectivity index (χ3v) is 4.94. The van der Waals surface area contributed by atoms with Gasteiger partial charge in [0, 0.05) is 21.6 Å². The lowest BCUT2D eigenvalue weighted by atomic mass is 10.1. The zero-order valence-electron chi connectivity index (χ0n) is 11.1. The molecule has 0 saturated carbocycles. The molecule has 1 aromatic carbocycles. The Labute approximate surface area is 139 Å². The molecule has 2 rings (SSSR count). The van der Waals surface area contributed by atoms with Crippen LogP contribution in [0.25, 0.3) is 0 Å². The Kier molecular flexibility index (Phi) is 5.04. The molecule has 6 heteroatoms. The minimum absolute atomic E-state index is 0.0313. The molecule has 2 aromatic rings. The second-order valence-corrected chi connectivity index (χ2v) is 6.47. The molecule has 0 amide bonds. The van der Waals surface area contributed by atoms with Crippen LogP contribution in [0, 0.1) is 6.92 Å². The molecule has 0 unspecified atom stereocenters. The minimum atomic E-state index is 0.0313. The number of hydrogen-bond acceptors (Lipinski definition) is 2. The quantitative estimate of drug-likeness (QED) is 0.665. The van der Waals surface area contributed by atoms with Crippen molar-refractivity contribution in [1.82, 2.24) is 9.78 Å². The van der Waals surface area contributed by atoms with Gasteiger partial charge >= 0.3 is 0 Å². The fraction of sp³-hybridized carbons (Fsp3) is 0.286. The van der Waals surface area contributed by atoms with Gasteiger partial charge in [-0.25, -0.2) is 0 Å². The van der Waals surface area contributed by atoms with Crippen LogP contribution in [0.5, 0.6) is 0 Å². The average molecular weight is 421 g/mol. The zero-order chi connectivity index (χ0) is 14.9. The number of aryl methyl sites for hydroxylation is 2. The number of aromatic nitrogens is 2. The van der Waals surface area contributed by atoms with Gasteiger partial charge in [-0.15, -0.1) is 0 Å². The van der Waals surface area contributed by atoms with Gasteiger partial charge in [-0.2, -0.15) is 5.10 Å². The maximum Gasteiger partial charge on any atom is 0.169 e. The summed E-state index contributed by atoms with van der Waals surface area (Å²) in [5.41, 5.74) is 2.42. The number of Topliss-reactive ketones (excluding diaryl/α,β-unsaturated/α-hetero) is 1. The predicted molar refractivity (Wildman–Crippen MR) is 87.5 cm³/mol. The first-order valence-electron chi connectivity index (χ1n) is 6.14. The van der Waals surface area contributed by atoms with E-state index in [-0.39, 0.29) is 5.78 Å². The van der Waals surface area contributed by atoms with Gasteiger partial charge < -0.3 is 0 Å². The second-order valence-electron chi connectivity index (χ2n) is 4.39. The third-order valence-electron chi connectivity index (χ3n) is 3.01. The number of carbonyl (C=O) groups excluding carboxylic acids is 1. The molecular weight excluding hydrogens is 407 g/mol. The Balaban J connectivity index is 2.32. The van der Waals surface area contributed by atoms with E-state index in [1.165, 1.54) is 0 Å². The molecule has 0 atom stereocenters. The molecule has 0 bridgehead atoms. The normalized spacial score (nSPS) is 10.8. The van der Waals surface area contributed by atoms with Crippen molar-refractivity contribution in [3.63, 3.8) is 0 Å². The summed E-state index contributed by atoms with van der Waals surface area (Å²) < 4.78 is 3.46. The van der Waals surface area contributed by atoms with Crippen molar-refractivity contribution < 1.29 is 4.79 Å². The largest absolute Gasteiger partial charge is 0.294 e. The second kappa shape index (κ2) is 6.41. The highest BCUT2D eigenvalue weighted by atomic mass is 79.9. The molecule has 0 aliphatic carbocycles. The first-order valence-corrected chi connectivity index (χ1v) is 8.10. The third kappa shape index (κ3) is 3.15. The molecule has 20 heavy (non-hydrogen) atoms. The van der Waals surface area contributed by atoms with E-state index in [1.807, 2.05) is 18.5 Å². The summed E-state index contributed by atoms with van der Waals surface area (Å²) in [5, 5.41) is 5.00. The summed E-state index contributed by atoms with van der Waals surface area (Å²) in [4.78, 5) is 12.4. The van der Waals surface area contributed by atoms with Crippen LogP contribution in [0.3, 0.4) is 0 Å². The fourth-order valence-electron chi connectivity index (χ4n) is 2.00. The van der Waals surface area contributed by atoms with Gasteiger partial charge in [0.1, 0.15) is 0 Å². The SMILES string of the molecule is CCn1nc(C)c(Br)c1CC(=O)c1ccc(Cl)cc1Br. The Bertz CT molecular complexity index is 667. The highest BCUT2D eigenvalue weighted by Crippen LogP contribution is 2.26. The first-order chi connectivity index (χ1) is 9.43. The number of nitrogens with zero attached hydrogens (tertiary/aromatic N) is 2. The minimum Gasteiger partial charge on any atom is -0.294 e. The van der Waals surface area contributed by atoms with E-state index in [2.05, 4.69) is 37.0 Å². The number of halogens is 3. The van der Waals surface area contributed by atoms with Crippen LogP contribution in [0.1, 0.15) is 28.7 Å². The van der Waals surface area contributed by atoms with E-state index in [1.54, 1.807) is 18.2 Å². The lowest BCUT2D eigenvalue weighted by molar-refractivity contribution is 0.0989. The molecule has 0 N–H and O–H groups in total. The summed E-state index contributed by atoms with van der Waals surface area (Å²) in [6.45, 7) is 4.66. The van der Waals surface area contributed by atoms with Crippen LogP contribution in [0.4, 0.5) is 0 Å². The summed E-state index contributed by atoms with van der Waals surface area (Å²) >= 11 is 12.8. The molecule has 0 aliphatic rings. The monoisotopic (exact) mass is 418 g/mol. The molecule has 0 saturated heterocycles. The van der Waals surface area contributed by atoms with Gasteiger partial charge in [-0.05, 0) is 63.9 Å². The zero-order valence-corrected chi connectivity index (χ0v) is 15.0. The molecule has 0 fully saturated rings. The van der Waals surface area contributed by atoms with Crippen LogP contribution in [0.15, 0.2) is 27.1 Å². The molecule has 1 heterocycles. The molecule has 0 aliphatic heterocycles. The number of rotatable bonds is 4. The lowest BCUT2D eigenvalue weighted by Crippen LogP contribution is -2.10. The van der Waals surface area contributed by atoms with Crippen LogP contribution in [-0.4, -0.2) is 15.6 Å². The van der Waals surface area contributed by atoms with E-state index in [0.717, 1.165) is 22.4 Å². The standard InChI is InChI=1S/C14H13Br2ClN2O/c1-3-19-12(14(16)8(2)18-19)7-13(20)10-5-4-9(17)6-11(10)15/h4-6H,3,7H2,1-2H3. The van der Waals surface area contributed by atoms with Crippen LogP contribution >= 0.6 is 43.5 Å². The molecule has 3 nitrogen and oxygen atoms in total. The smallest absolute Gasteiger partial charge is 0.169 e. The van der Waals surface area contributed by atoms with Gasteiger partial charge in [0.05, 0.1) is 22.3 Å². The van der Waals surface area contributed by atoms with Crippen LogP contribution < -0.4 is 0 Å². The van der Waals surface area contributed by atoms with Crippen molar-refractivity contribution in [2.24, 2.45) is 0 Å².